The smallest absolute Gasteiger partial charge is 0.326 e. The number of fused-ring (bicyclic) bond motifs is 1. The van der Waals surface area contributed by atoms with Crippen LogP contribution in [0, 0.1) is 5.92 Å². The predicted molar refractivity (Wildman–Crippen MR) is 157 cm³/mol. The van der Waals surface area contributed by atoms with Crippen LogP contribution < -0.4 is 38.9 Å². The highest BCUT2D eigenvalue weighted by Gasteiger charge is 2.32. The van der Waals surface area contributed by atoms with E-state index in [1.165, 1.54) is 0 Å². The highest BCUT2D eigenvalue weighted by atomic mass is 16.4. The summed E-state index contributed by atoms with van der Waals surface area (Å²) in [6, 6.07) is 2.43. The van der Waals surface area contributed by atoms with Gasteiger partial charge in [-0.05, 0) is 30.4 Å². The number of nitrogens with two attached hydrogens (primary N) is 4. The van der Waals surface area contributed by atoms with E-state index in [4.69, 9.17) is 22.9 Å². The lowest BCUT2D eigenvalue weighted by Gasteiger charge is -2.25. The molecule has 4 amide bonds. The van der Waals surface area contributed by atoms with Crippen molar-refractivity contribution in [3.05, 3.63) is 36.0 Å². The number of carboxylic acid groups (broad SMARTS) is 1. The number of primary amides is 1. The molecule has 2 rings (SSSR count). The van der Waals surface area contributed by atoms with Crippen LogP contribution in [0.25, 0.3) is 10.9 Å². The molecule has 230 valence electrons. The third-order valence-electron chi connectivity index (χ3n) is 6.89. The van der Waals surface area contributed by atoms with Crippen molar-refractivity contribution < 1.29 is 29.1 Å². The maximum Gasteiger partial charge on any atom is 0.326 e. The van der Waals surface area contributed by atoms with Gasteiger partial charge in [0.2, 0.25) is 23.6 Å². The van der Waals surface area contributed by atoms with Crippen LogP contribution in [-0.2, 0) is 30.4 Å². The lowest BCUT2D eigenvalue weighted by Crippen LogP contribution is -2.58. The highest BCUT2D eigenvalue weighted by Crippen LogP contribution is 2.19. The first-order valence-corrected chi connectivity index (χ1v) is 13.6. The van der Waals surface area contributed by atoms with Gasteiger partial charge < -0.3 is 49.0 Å². The normalized spacial score (nSPS) is 14.5. The fourth-order valence-corrected chi connectivity index (χ4v) is 4.23. The number of aromatic amines is 1. The highest BCUT2D eigenvalue weighted by molar-refractivity contribution is 5.96. The van der Waals surface area contributed by atoms with Crippen LogP contribution in [0.4, 0.5) is 0 Å². The average molecular weight is 588 g/mol. The summed E-state index contributed by atoms with van der Waals surface area (Å²) in [5, 5.41) is 17.8. The topological polar surface area (TPSA) is 274 Å². The molecule has 1 aromatic carbocycles. The first-order valence-electron chi connectivity index (χ1n) is 13.6. The number of nitrogens with zero attached hydrogens (tertiary/aromatic N) is 1. The second-order valence-electron chi connectivity index (χ2n) is 10.1. The number of aromatic nitrogens is 1. The van der Waals surface area contributed by atoms with Gasteiger partial charge in [-0.15, -0.1) is 0 Å². The Morgan fingerprint density at radius 1 is 0.952 bits per heavy atom. The monoisotopic (exact) mass is 587 g/mol. The van der Waals surface area contributed by atoms with Crippen molar-refractivity contribution in [3.8, 4) is 0 Å². The maximum absolute atomic E-state index is 13.5. The summed E-state index contributed by atoms with van der Waals surface area (Å²) in [5.41, 5.74) is 23.5. The van der Waals surface area contributed by atoms with E-state index >= 15 is 0 Å². The standard InChI is InChI=1S/C27H41N9O6/c1-3-14(2)22(29)25(40)36-19(11-15-13-33-17-8-5-4-7-16(15)17)23(38)35-20(12-21(28)37)24(39)34-18(26(41)42)9-6-10-32-27(30)31/h4-5,7-8,13-14,18-20,22,33H,3,6,9-12,29H2,1-2H3,(H2,28,37)(H,34,39)(H,35,38)(H,36,40)(H,41,42)(H4,30,31,32). The van der Waals surface area contributed by atoms with Gasteiger partial charge in [-0.1, -0.05) is 38.5 Å². The number of hydrogen-bond acceptors (Lipinski definition) is 7. The molecule has 15 heteroatoms. The number of benzene rings is 1. The Labute approximate surface area is 243 Å². The van der Waals surface area contributed by atoms with Gasteiger partial charge in [0.15, 0.2) is 5.96 Å². The third-order valence-corrected chi connectivity index (χ3v) is 6.89. The van der Waals surface area contributed by atoms with E-state index in [1.54, 1.807) is 6.20 Å². The number of hydrogen-bond donors (Lipinski definition) is 9. The third kappa shape index (κ3) is 10.1. The van der Waals surface area contributed by atoms with Gasteiger partial charge in [0.1, 0.15) is 18.1 Å². The Bertz CT molecular complexity index is 1290. The Hall–Kier alpha value is -4.66. The molecule has 0 saturated heterocycles. The minimum atomic E-state index is -1.51. The van der Waals surface area contributed by atoms with Crippen LogP contribution in [0.2, 0.25) is 0 Å². The largest absolute Gasteiger partial charge is 0.480 e. The van der Waals surface area contributed by atoms with Crippen LogP contribution >= 0.6 is 0 Å². The van der Waals surface area contributed by atoms with E-state index < -0.39 is 60.2 Å². The zero-order chi connectivity index (χ0) is 31.4. The number of H-pyrrole nitrogens is 1. The van der Waals surface area contributed by atoms with Crippen molar-refractivity contribution in [1.29, 1.82) is 0 Å². The van der Waals surface area contributed by atoms with Crippen molar-refractivity contribution in [2.45, 2.75) is 70.1 Å². The van der Waals surface area contributed by atoms with Gasteiger partial charge in [0, 0.05) is 30.1 Å². The van der Waals surface area contributed by atoms with Crippen LogP contribution in [-0.4, -0.2) is 76.4 Å². The summed E-state index contributed by atoms with van der Waals surface area (Å²) in [7, 11) is 0. The minimum Gasteiger partial charge on any atom is -0.480 e. The molecule has 0 aliphatic rings. The fourth-order valence-electron chi connectivity index (χ4n) is 4.23. The number of rotatable bonds is 17. The molecule has 1 heterocycles. The molecular weight excluding hydrogens is 546 g/mol. The van der Waals surface area contributed by atoms with Crippen molar-refractivity contribution in [2.24, 2.45) is 33.8 Å². The van der Waals surface area contributed by atoms with Gasteiger partial charge in [-0.3, -0.25) is 24.2 Å². The number of aliphatic imine (C=N–C) groups is 1. The number of carbonyl (C=O) groups excluding carboxylic acids is 4. The average Bonchev–Trinajstić information content (AvgIpc) is 3.34. The van der Waals surface area contributed by atoms with Gasteiger partial charge in [0.05, 0.1) is 12.5 Å². The zero-order valence-corrected chi connectivity index (χ0v) is 23.8. The zero-order valence-electron chi connectivity index (χ0n) is 23.8. The van der Waals surface area contributed by atoms with Crippen LogP contribution in [0.1, 0.15) is 45.1 Å². The number of guanidine groups is 1. The molecule has 0 bridgehead atoms. The van der Waals surface area contributed by atoms with Crippen molar-refractivity contribution >= 4 is 46.5 Å². The Morgan fingerprint density at radius 2 is 1.57 bits per heavy atom. The lowest BCUT2D eigenvalue weighted by molar-refractivity contribution is -0.142. The Morgan fingerprint density at radius 3 is 2.19 bits per heavy atom. The number of carboxylic acids is 1. The molecule has 0 spiro atoms. The summed E-state index contributed by atoms with van der Waals surface area (Å²) >= 11 is 0. The van der Waals surface area contributed by atoms with E-state index in [0.717, 1.165) is 10.9 Å². The number of para-hydroxylation sites is 1. The van der Waals surface area contributed by atoms with E-state index in [9.17, 15) is 29.1 Å². The second-order valence-corrected chi connectivity index (χ2v) is 10.1. The number of nitrogens with one attached hydrogen (secondary N) is 4. The number of carbonyl (C=O) groups is 5. The fraction of sp³-hybridized carbons (Fsp3) is 0.481. The summed E-state index contributed by atoms with van der Waals surface area (Å²) in [6.07, 6.45) is 1.96. The molecule has 0 fully saturated rings. The molecule has 2 aromatic rings. The molecule has 0 aliphatic carbocycles. The maximum atomic E-state index is 13.5. The summed E-state index contributed by atoms with van der Waals surface area (Å²) in [5.74, 6) is -4.86. The van der Waals surface area contributed by atoms with E-state index in [0.29, 0.717) is 12.0 Å². The van der Waals surface area contributed by atoms with E-state index in [-0.39, 0.29) is 37.7 Å². The predicted octanol–water partition coefficient (Wildman–Crippen LogP) is -1.45. The Kier molecular flexibility index (Phi) is 12.7. The van der Waals surface area contributed by atoms with Crippen molar-refractivity contribution in [3.63, 3.8) is 0 Å². The van der Waals surface area contributed by atoms with Gasteiger partial charge in [-0.2, -0.15) is 0 Å². The summed E-state index contributed by atoms with van der Waals surface area (Å²) < 4.78 is 0. The molecule has 0 aliphatic heterocycles. The minimum absolute atomic E-state index is 0.0260. The van der Waals surface area contributed by atoms with Crippen molar-refractivity contribution in [1.82, 2.24) is 20.9 Å². The van der Waals surface area contributed by atoms with Crippen molar-refractivity contribution in [2.75, 3.05) is 6.54 Å². The lowest BCUT2D eigenvalue weighted by atomic mass is 9.98. The van der Waals surface area contributed by atoms with E-state index in [2.05, 4.69) is 25.9 Å². The van der Waals surface area contributed by atoms with Gasteiger partial charge in [-0.25, -0.2) is 4.79 Å². The molecule has 0 saturated carbocycles. The van der Waals surface area contributed by atoms with Gasteiger partial charge in [0.25, 0.3) is 0 Å². The van der Waals surface area contributed by atoms with Crippen LogP contribution in [0.5, 0.6) is 0 Å². The molecule has 0 radical (unpaired) electrons. The molecule has 5 unspecified atom stereocenters. The summed E-state index contributed by atoms with van der Waals surface area (Å²) in [4.78, 5) is 70.0. The second kappa shape index (κ2) is 16.0. The van der Waals surface area contributed by atoms with Crippen LogP contribution in [0.15, 0.2) is 35.5 Å². The molecule has 13 N–H and O–H groups in total. The molecule has 15 nitrogen and oxygen atoms in total. The quantitative estimate of drug-likeness (QED) is 0.0594. The number of amides is 4. The molecule has 42 heavy (non-hydrogen) atoms. The molecule has 1 aromatic heterocycles. The SMILES string of the molecule is CCC(C)C(N)C(=O)NC(Cc1c[nH]c2ccccc12)C(=O)NC(CC(N)=O)C(=O)NC(CCCN=C(N)N)C(=O)O. The first-order chi connectivity index (χ1) is 19.8. The molecule has 5 atom stereocenters. The van der Waals surface area contributed by atoms with Crippen LogP contribution in [0.3, 0.4) is 0 Å². The molecular formula is C27H41N9O6. The first kappa shape index (κ1) is 33.5. The van der Waals surface area contributed by atoms with E-state index in [1.807, 2.05) is 38.1 Å². The number of aliphatic carboxylic acids is 1. The Balaban J connectivity index is 2.27. The van der Waals surface area contributed by atoms with Gasteiger partial charge >= 0.3 is 5.97 Å². The summed E-state index contributed by atoms with van der Waals surface area (Å²) in [6.45, 7) is 3.83.